The summed E-state index contributed by atoms with van der Waals surface area (Å²) in [7, 11) is 1.58. The molecule has 0 bridgehead atoms. The van der Waals surface area contributed by atoms with Crippen LogP contribution in [-0.4, -0.2) is 23.9 Å². The fourth-order valence-corrected chi connectivity index (χ4v) is 3.09. The van der Waals surface area contributed by atoms with E-state index in [0.29, 0.717) is 29.1 Å². The van der Waals surface area contributed by atoms with Crippen LogP contribution in [0.2, 0.25) is 5.02 Å². The highest BCUT2D eigenvalue weighted by atomic mass is 35.5. The molecule has 0 radical (unpaired) electrons. The first-order valence-corrected chi connectivity index (χ1v) is 9.07. The Labute approximate surface area is 167 Å². The van der Waals surface area contributed by atoms with E-state index in [4.69, 9.17) is 25.8 Å². The van der Waals surface area contributed by atoms with Gasteiger partial charge in [0, 0.05) is 24.0 Å². The number of halogens is 1. The molecule has 1 aliphatic rings. The summed E-state index contributed by atoms with van der Waals surface area (Å²) in [6, 6.07) is 13.2. The zero-order valence-electron chi connectivity index (χ0n) is 15.5. The van der Waals surface area contributed by atoms with Gasteiger partial charge in [0.2, 0.25) is 12.7 Å². The number of nitrogens with zero attached hydrogens (tertiary/aromatic N) is 2. The van der Waals surface area contributed by atoms with Gasteiger partial charge < -0.3 is 24.8 Å². The lowest BCUT2D eigenvalue weighted by atomic mass is 10.2. The van der Waals surface area contributed by atoms with Gasteiger partial charge in [0.05, 0.1) is 12.1 Å². The van der Waals surface area contributed by atoms with E-state index in [1.54, 1.807) is 19.2 Å². The van der Waals surface area contributed by atoms with Crippen LogP contribution in [-0.2, 0) is 6.54 Å². The van der Waals surface area contributed by atoms with Crippen molar-refractivity contribution in [1.82, 2.24) is 9.97 Å². The van der Waals surface area contributed by atoms with Crippen LogP contribution in [0.5, 0.6) is 17.2 Å². The Morgan fingerprint density at radius 3 is 2.75 bits per heavy atom. The van der Waals surface area contributed by atoms with Gasteiger partial charge in [0.1, 0.15) is 11.6 Å². The summed E-state index contributed by atoms with van der Waals surface area (Å²) in [5, 5.41) is 7.01. The number of aryl methyl sites for hydroxylation is 1. The number of benzene rings is 2. The summed E-state index contributed by atoms with van der Waals surface area (Å²) in [6.07, 6.45) is 0. The number of rotatable bonds is 6. The highest BCUT2D eigenvalue weighted by Crippen LogP contribution is 2.32. The number of anilines is 3. The van der Waals surface area contributed by atoms with E-state index in [1.165, 1.54) is 0 Å². The summed E-state index contributed by atoms with van der Waals surface area (Å²) in [6.45, 7) is 2.74. The first-order chi connectivity index (χ1) is 13.6. The van der Waals surface area contributed by atoms with Crippen molar-refractivity contribution in [2.45, 2.75) is 13.5 Å². The Morgan fingerprint density at radius 1 is 1.07 bits per heavy atom. The second-order valence-corrected chi connectivity index (χ2v) is 6.64. The predicted octanol–water partition coefficient (Wildman–Crippen LogP) is 4.53. The van der Waals surface area contributed by atoms with Crippen LogP contribution < -0.4 is 24.8 Å². The molecule has 8 heteroatoms. The minimum atomic E-state index is 0.262. The van der Waals surface area contributed by atoms with E-state index < -0.39 is 0 Å². The highest BCUT2D eigenvalue weighted by molar-refractivity contribution is 6.32. The summed E-state index contributed by atoms with van der Waals surface area (Å²) >= 11 is 6.19. The molecule has 0 unspecified atom stereocenters. The largest absolute Gasteiger partial charge is 0.495 e. The molecule has 0 spiro atoms. The molecule has 0 amide bonds. The molecule has 2 heterocycles. The first-order valence-electron chi connectivity index (χ1n) is 8.69. The lowest BCUT2D eigenvalue weighted by Crippen LogP contribution is -2.06. The van der Waals surface area contributed by atoms with Crippen LogP contribution in [0.1, 0.15) is 11.3 Å². The number of ether oxygens (including phenoxy) is 3. The quantitative estimate of drug-likeness (QED) is 0.631. The Balaban J connectivity index is 1.47. The van der Waals surface area contributed by atoms with Crippen molar-refractivity contribution in [3.63, 3.8) is 0 Å². The van der Waals surface area contributed by atoms with Gasteiger partial charge in [-0.2, -0.15) is 4.98 Å². The van der Waals surface area contributed by atoms with Crippen LogP contribution in [0.4, 0.5) is 17.5 Å². The molecule has 1 aromatic heterocycles. The monoisotopic (exact) mass is 398 g/mol. The van der Waals surface area contributed by atoms with Crippen molar-refractivity contribution in [2.75, 3.05) is 24.5 Å². The Kier molecular flexibility index (Phi) is 5.08. The molecule has 0 aliphatic carbocycles. The van der Waals surface area contributed by atoms with Crippen molar-refractivity contribution in [1.29, 1.82) is 0 Å². The van der Waals surface area contributed by atoms with Crippen molar-refractivity contribution in [3.8, 4) is 17.2 Å². The number of hydrogen-bond donors (Lipinski definition) is 2. The summed E-state index contributed by atoms with van der Waals surface area (Å²) in [5.74, 6) is 3.34. The Hall–Kier alpha value is -3.19. The second kappa shape index (κ2) is 7.82. The number of hydrogen-bond acceptors (Lipinski definition) is 7. The Morgan fingerprint density at radius 2 is 1.93 bits per heavy atom. The third-order valence-electron chi connectivity index (χ3n) is 4.17. The molecule has 4 rings (SSSR count). The number of fused-ring (bicyclic) bond motifs is 1. The standard InChI is InChI=1S/C20H19ClN4O3/c1-12-7-19(24-14-4-6-16(26-2)15(21)9-14)25-20(23-12)22-10-13-3-5-17-18(8-13)28-11-27-17/h3-9H,10-11H2,1-2H3,(H2,22,23,24,25). The van der Waals surface area contributed by atoms with Crippen molar-refractivity contribution >= 4 is 29.1 Å². The van der Waals surface area contributed by atoms with Crippen LogP contribution >= 0.6 is 11.6 Å². The van der Waals surface area contributed by atoms with Crippen LogP contribution in [0.3, 0.4) is 0 Å². The predicted molar refractivity (Wildman–Crippen MR) is 108 cm³/mol. The maximum Gasteiger partial charge on any atom is 0.231 e. The third-order valence-corrected chi connectivity index (χ3v) is 4.46. The van der Waals surface area contributed by atoms with Crippen LogP contribution in [0.25, 0.3) is 0 Å². The van der Waals surface area contributed by atoms with Gasteiger partial charge in [0.15, 0.2) is 11.5 Å². The smallest absolute Gasteiger partial charge is 0.231 e. The van der Waals surface area contributed by atoms with Gasteiger partial charge in [0.25, 0.3) is 0 Å². The van der Waals surface area contributed by atoms with Gasteiger partial charge in [-0.3, -0.25) is 0 Å². The van der Waals surface area contributed by atoms with Gasteiger partial charge in [-0.1, -0.05) is 17.7 Å². The minimum Gasteiger partial charge on any atom is -0.495 e. The van der Waals surface area contributed by atoms with E-state index in [9.17, 15) is 0 Å². The van der Waals surface area contributed by atoms with E-state index >= 15 is 0 Å². The lowest BCUT2D eigenvalue weighted by Gasteiger charge is -2.11. The highest BCUT2D eigenvalue weighted by Gasteiger charge is 2.13. The normalized spacial score (nSPS) is 12.0. The van der Waals surface area contributed by atoms with Crippen molar-refractivity contribution in [3.05, 3.63) is 58.7 Å². The molecule has 7 nitrogen and oxygen atoms in total. The topological polar surface area (TPSA) is 77.5 Å². The molecule has 28 heavy (non-hydrogen) atoms. The average Bonchev–Trinajstić information content (AvgIpc) is 3.14. The molecular weight excluding hydrogens is 380 g/mol. The fourth-order valence-electron chi connectivity index (χ4n) is 2.84. The van der Waals surface area contributed by atoms with Crippen molar-refractivity contribution < 1.29 is 14.2 Å². The Bertz CT molecular complexity index is 1010. The van der Waals surface area contributed by atoms with E-state index in [-0.39, 0.29) is 6.79 Å². The molecule has 0 saturated carbocycles. The maximum absolute atomic E-state index is 6.19. The molecule has 1 aliphatic heterocycles. The van der Waals surface area contributed by atoms with Gasteiger partial charge >= 0.3 is 0 Å². The van der Waals surface area contributed by atoms with Crippen LogP contribution in [0.15, 0.2) is 42.5 Å². The zero-order chi connectivity index (χ0) is 19.5. The third kappa shape index (κ3) is 4.04. The molecular formula is C20H19ClN4O3. The average molecular weight is 399 g/mol. The molecule has 2 aromatic carbocycles. The van der Waals surface area contributed by atoms with Gasteiger partial charge in [-0.25, -0.2) is 4.98 Å². The van der Waals surface area contributed by atoms with E-state index in [1.807, 2.05) is 37.3 Å². The second-order valence-electron chi connectivity index (χ2n) is 6.23. The fraction of sp³-hybridized carbons (Fsp3) is 0.200. The molecule has 3 aromatic rings. The molecule has 2 N–H and O–H groups in total. The number of methoxy groups -OCH3 is 1. The minimum absolute atomic E-state index is 0.262. The van der Waals surface area contributed by atoms with Gasteiger partial charge in [-0.15, -0.1) is 0 Å². The summed E-state index contributed by atoms with van der Waals surface area (Å²) in [5.41, 5.74) is 2.70. The van der Waals surface area contributed by atoms with E-state index in [2.05, 4.69) is 20.6 Å². The zero-order valence-corrected chi connectivity index (χ0v) is 16.2. The SMILES string of the molecule is COc1ccc(Nc2cc(C)nc(NCc3ccc4c(c3)OCO4)n2)cc1Cl. The van der Waals surface area contributed by atoms with Gasteiger partial charge in [-0.05, 0) is 42.8 Å². The van der Waals surface area contributed by atoms with Crippen molar-refractivity contribution in [2.24, 2.45) is 0 Å². The number of aromatic nitrogens is 2. The molecule has 144 valence electrons. The first kappa shape index (κ1) is 18.2. The summed E-state index contributed by atoms with van der Waals surface area (Å²) < 4.78 is 15.9. The summed E-state index contributed by atoms with van der Waals surface area (Å²) in [4.78, 5) is 8.97. The lowest BCUT2D eigenvalue weighted by molar-refractivity contribution is 0.174. The molecule has 0 fully saturated rings. The maximum atomic E-state index is 6.19. The van der Waals surface area contributed by atoms with E-state index in [0.717, 1.165) is 28.4 Å². The molecule has 0 saturated heterocycles. The van der Waals surface area contributed by atoms with Crippen LogP contribution in [0, 0.1) is 6.92 Å². The number of nitrogens with one attached hydrogen (secondary N) is 2. The molecule has 0 atom stereocenters.